The average molecular weight is 334 g/mol. The first-order valence-electron chi connectivity index (χ1n) is 7.77. The molecule has 0 amide bonds. The number of nitrogens with two attached hydrogens (primary N) is 1. The first-order valence-corrected chi connectivity index (χ1v) is 7.77. The molecule has 0 radical (unpaired) electrons. The van der Waals surface area contributed by atoms with E-state index in [0.29, 0.717) is 16.8 Å². The van der Waals surface area contributed by atoms with Crippen LogP contribution in [0.15, 0.2) is 60.7 Å². The second-order valence-corrected chi connectivity index (χ2v) is 5.36. The fourth-order valence-electron chi connectivity index (χ4n) is 2.69. The minimum Gasteiger partial charge on any atom is -0.463 e. The molecule has 1 heterocycles. The van der Waals surface area contributed by atoms with Crippen molar-refractivity contribution in [3.63, 3.8) is 0 Å². The number of aromatic nitrogens is 1. The van der Waals surface area contributed by atoms with Crippen LogP contribution >= 0.6 is 0 Å². The molecule has 3 rings (SSSR count). The molecule has 0 fully saturated rings. The van der Waals surface area contributed by atoms with Gasteiger partial charge in [-0.05, 0) is 5.56 Å². The minimum absolute atomic E-state index is 0.0222. The van der Waals surface area contributed by atoms with Crippen LogP contribution in [0.3, 0.4) is 0 Å². The van der Waals surface area contributed by atoms with Gasteiger partial charge in [-0.2, -0.15) is 0 Å². The third-order valence-corrected chi connectivity index (χ3v) is 3.76. The Kier molecular flexibility index (Phi) is 5.06. The molecule has 0 atom stereocenters. The number of aldehydes is 1. The van der Waals surface area contributed by atoms with Crippen LogP contribution in [0.1, 0.15) is 10.4 Å². The number of rotatable bonds is 6. The van der Waals surface area contributed by atoms with Gasteiger partial charge in [0.15, 0.2) is 24.6 Å². The summed E-state index contributed by atoms with van der Waals surface area (Å²) in [4.78, 5) is 16.4. The van der Waals surface area contributed by atoms with Gasteiger partial charge in [-0.1, -0.05) is 60.7 Å². The summed E-state index contributed by atoms with van der Waals surface area (Å²) in [6.45, 7) is -0.0222. The molecule has 0 spiro atoms. The Hall–Kier alpha value is -3.18. The second-order valence-electron chi connectivity index (χ2n) is 5.36. The number of benzene rings is 2. The Bertz CT molecular complexity index is 865. The number of hydrogen-bond acceptors (Lipinski definition) is 5. The van der Waals surface area contributed by atoms with Gasteiger partial charge >= 0.3 is 0 Å². The number of anilines is 1. The van der Waals surface area contributed by atoms with E-state index in [4.69, 9.17) is 15.2 Å². The number of carbonyl (C=O) groups excluding carboxylic acids is 1. The molecule has 0 saturated heterocycles. The molecule has 3 aromatic rings. The zero-order valence-electron chi connectivity index (χ0n) is 13.8. The highest BCUT2D eigenvalue weighted by atomic mass is 16.7. The van der Waals surface area contributed by atoms with E-state index in [1.54, 1.807) is 0 Å². The third-order valence-electron chi connectivity index (χ3n) is 3.76. The molecule has 0 aliphatic rings. The van der Waals surface area contributed by atoms with Crippen LogP contribution in [-0.2, 0) is 4.74 Å². The zero-order valence-corrected chi connectivity index (χ0v) is 13.8. The van der Waals surface area contributed by atoms with Crippen LogP contribution in [-0.4, -0.2) is 25.2 Å². The molecule has 25 heavy (non-hydrogen) atoms. The summed E-state index contributed by atoms with van der Waals surface area (Å²) in [6.07, 6.45) is 0.748. The van der Waals surface area contributed by atoms with E-state index >= 15 is 0 Å². The van der Waals surface area contributed by atoms with Gasteiger partial charge in [-0.15, -0.1) is 0 Å². The molecule has 1 aromatic heterocycles. The first-order chi connectivity index (χ1) is 12.3. The summed E-state index contributed by atoms with van der Waals surface area (Å²) in [5, 5.41) is 0. The van der Waals surface area contributed by atoms with E-state index in [0.717, 1.165) is 17.4 Å². The van der Waals surface area contributed by atoms with E-state index < -0.39 is 0 Å². The number of ether oxygens (including phenoxy) is 2. The second kappa shape index (κ2) is 7.59. The highest BCUT2D eigenvalue weighted by Crippen LogP contribution is 2.39. The van der Waals surface area contributed by atoms with Crippen molar-refractivity contribution in [1.29, 1.82) is 0 Å². The number of pyridine rings is 1. The van der Waals surface area contributed by atoms with E-state index in [-0.39, 0.29) is 18.4 Å². The van der Waals surface area contributed by atoms with Crippen LogP contribution in [0.2, 0.25) is 0 Å². The van der Waals surface area contributed by atoms with Crippen molar-refractivity contribution >= 4 is 12.1 Å². The van der Waals surface area contributed by atoms with Crippen molar-refractivity contribution in [3.05, 3.63) is 66.2 Å². The van der Waals surface area contributed by atoms with Gasteiger partial charge in [0.25, 0.3) is 0 Å². The molecule has 5 nitrogen and oxygen atoms in total. The van der Waals surface area contributed by atoms with Crippen LogP contribution in [0, 0.1) is 0 Å². The van der Waals surface area contributed by atoms with E-state index in [2.05, 4.69) is 4.98 Å². The number of nitrogen functional groups attached to an aromatic ring is 1. The standard InChI is InChI=1S/C20H18N2O3/c1-24-13-25-19-16(12-23)17(14-8-4-2-5-9-14)18(22-20(19)21)15-10-6-3-7-11-15/h2-12H,13H2,1H3,(H2,21,22). The lowest BCUT2D eigenvalue weighted by Gasteiger charge is -2.17. The molecule has 5 heteroatoms. The highest BCUT2D eigenvalue weighted by Gasteiger charge is 2.21. The van der Waals surface area contributed by atoms with Gasteiger partial charge in [-0.3, -0.25) is 4.79 Å². The molecule has 0 unspecified atom stereocenters. The van der Waals surface area contributed by atoms with Crippen molar-refractivity contribution < 1.29 is 14.3 Å². The topological polar surface area (TPSA) is 74.4 Å². The van der Waals surface area contributed by atoms with Gasteiger partial charge < -0.3 is 15.2 Å². The maximum absolute atomic E-state index is 11.9. The Labute approximate surface area is 146 Å². The van der Waals surface area contributed by atoms with E-state index in [1.807, 2.05) is 60.7 Å². The predicted octanol–water partition coefficient (Wildman–Crippen LogP) is 3.79. The molecule has 0 aliphatic heterocycles. The molecule has 0 saturated carbocycles. The van der Waals surface area contributed by atoms with Crippen LogP contribution in [0.5, 0.6) is 5.75 Å². The smallest absolute Gasteiger partial charge is 0.188 e. The summed E-state index contributed by atoms with van der Waals surface area (Å²) in [5.41, 5.74) is 9.48. The molecule has 0 aliphatic carbocycles. The molecule has 126 valence electrons. The number of hydrogen-bond donors (Lipinski definition) is 1. The fraction of sp³-hybridized carbons (Fsp3) is 0.100. The van der Waals surface area contributed by atoms with Crippen LogP contribution in [0.4, 0.5) is 5.82 Å². The molecule has 0 bridgehead atoms. The lowest BCUT2D eigenvalue weighted by atomic mass is 9.94. The summed E-state index contributed by atoms with van der Waals surface area (Å²) < 4.78 is 10.5. The van der Waals surface area contributed by atoms with E-state index in [9.17, 15) is 4.79 Å². The van der Waals surface area contributed by atoms with Gasteiger partial charge in [-0.25, -0.2) is 4.98 Å². The van der Waals surface area contributed by atoms with E-state index in [1.165, 1.54) is 7.11 Å². The molecular formula is C20H18N2O3. The normalized spacial score (nSPS) is 10.4. The first kappa shape index (κ1) is 16.7. The quantitative estimate of drug-likeness (QED) is 0.548. The lowest BCUT2D eigenvalue weighted by Crippen LogP contribution is -2.09. The molecule has 2 N–H and O–H groups in total. The largest absolute Gasteiger partial charge is 0.463 e. The number of nitrogens with zero attached hydrogens (tertiary/aromatic N) is 1. The van der Waals surface area contributed by atoms with Crippen molar-refractivity contribution in [3.8, 4) is 28.1 Å². The fourth-order valence-corrected chi connectivity index (χ4v) is 2.69. The van der Waals surface area contributed by atoms with Crippen LogP contribution in [0.25, 0.3) is 22.4 Å². The van der Waals surface area contributed by atoms with Gasteiger partial charge in [0.2, 0.25) is 0 Å². The Morgan fingerprint density at radius 3 is 2.16 bits per heavy atom. The number of carbonyl (C=O) groups is 1. The Balaban J connectivity index is 2.32. The zero-order chi connectivity index (χ0) is 17.6. The predicted molar refractivity (Wildman–Crippen MR) is 97.4 cm³/mol. The Morgan fingerprint density at radius 2 is 1.60 bits per heavy atom. The van der Waals surface area contributed by atoms with Gasteiger partial charge in [0.05, 0.1) is 11.3 Å². The van der Waals surface area contributed by atoms with Gasteiger partial charge in [0, 0.05) is 18.2 Å². The van der Waals surface area contributed by atoms with Crippen molar-refractivity contribution in [2.75, 3.05) is 19.6 Å². The maximum atomic E-state index is 11.9. The third kappa shape index (κ3) is 3.36. The SMILES string of the molecule is COCOc1c(N)nc(-c2ccccc2)c(-c2ccccc2)c1C=O. The summed E-state index contributed by atoms with van der Waals surface area (Å²) in [5.74, 6) is 0.382. The summed E-state index contributed by atoms with van der Waals surface area (Å²) in [6, 6.07) is 19.2. The maximum Gasteiger partial charge on any atom is 0.188 e. The van der Waals surface area contributed by atoms with Crippen molar-refractivity contribution in [1.82, 2.24) is 4.98 Å². The number of methoxy groups -OCH3 is 1. The van der Waals surface area contributed by atoms with Crippen molar-refractivity contribution in [2.45, 2.75) is 0 Å². The molecular weight excluding hydrogens is 316 g/mol. The van der Waals surface area contributed by atoms with Crippen LogP contribution < -0.4 is 10.5 Å². The Morgan fingerprint density at radius 1 is 1.00 bits per heavy atom. The molecule has 2 aromatic carbocycles. The highest BCUT2D eigenvalue weighted by molar-refractivity contribution is 5.99. The monoisotopic (exact) mass is 334 g/mol. The summed E-state index contributed by atoms with van der Waals surface area (Å²) >= 11 is 0. The summed E-state index contributed by atoms with van der Waals surface area (Å²) in [7, 11) is 1.50. The van der Waals surface area contributed by atoms with Crippen molar-refractivity contribution in [2.24, 2.45) is 0 Å². The average Bonchev–Trinajstić information content (AvgIpc) is 2.67. The minimum atomic E-state index is -0.0222. The lowest BCUT2D eigenvalue weighted by molar-refractivity contribution is 0.0509. The van der Waals surface area contributed by atoms with Gasteiger partial charge in [0.1, 0.15) is 0 Å².